The molecule has 1 heterocycles. The van der Waals surface area contributed by atoms with E-state index in [1.165, 1.54) is 18.5 Å². The molecule has 0 radical (unpaired) electrons. The first-order valence-electron chi connectivity index (χ1n) is 5.56. The van der Waals surface area contributed by atoms with Gasteiger partial charge in [0.15, 0.2) is 0 Å². The van der Waals surface area contributed by atoms with Crippen molar-refractivity contribution in [1.82, 2.24) is 4.98 Å². The van der Waals surface area contributed by atoms with Crippen molar-refractivity contribution < 1.29 is 0 Å². The van der Waals surface area contributed by atoms with Crippen LogP contribution in [-0.2, 0) is 0 Å². The summed E-state index contributed by atoms with van der Waals surface area (Å²) in [6.07, 6.45) is 4.23. The molecule has 15 heavy (non-hydrogen) atoms. The average Bonchev–Trinajstić information content (AvgIpc) is 2.22. The molecule has 2 nitrogen and oxygen atoms in total. The molecule has 1 aromatic heterocycles. The molecule has 0 fully saturated rings. The van der Waals surface area contributed by atoms with Crippen molar-refractivity contribution in [2.24, 2.45) is 0 Å². The molecule has 0 atom stereocenters. The first-order chi connectivity index (χ1) is 7.20. The number of hydrogen-bond acceptors (Lipinski definition) is 2. The van der Waals surface area contributed by atoms with Crippen molar-refractivity contribution in [3.8, 4) is 0 Å². The first kappa shape index (κ1) is 12.5. The number of hydrogen-bond donors (Lipinski definition) is 0. The summed E-state index contributed by atoms with van der Waals surface area (Å²) in [7, 11) is 0. The van der Waals surface area contributed by atoms with Gasteiger partial charge in [-0.15, -0.1) is 0 Å². The van der Waals surface area contributed by atoms with Crippen LogP contribution < -0.4 is 4.90 Å². The summed E-state index contributed by atoms with van der Waals surface area (Å²) < 4.78 is 1.13. The number of aryl methyl sites for hydroxylation is 1. The van der Waals surface area contributed by atoms with Gasteiger partial charge in [0, 0.05) is 19.3 Å². The Balaban J connectivity index is 2.94. The molecule has 0 spiro atoms. The van der Waals surface area contributed by atoms with E-state index in [1.807, 2.05) is 13.1 Å². The quantitative estimate of drug-likeness (QED) is 0.810. The van der Waals surface area contributed by atoms with E-state index in [1.54, 1.807) is 0 Å². The van der Waals surface area contributed by atoms with Crippen molar-refractivity contribution in [3.63, 3.8) is 0 Å². The van der Waals surface area contributed by atoms with E-state index in [9.17, 15) is 0 Å². The van der Waals surface area contributed by atoms with Gasteiger partial charge in [0.25, 0.3) is 0 Å². The monoisotopic (exact) mass is 270 g/mol. The van der Waals surface area contributed by atoms with E-state index in [-0.39, 0.29) is 0 Å². The smallest absolute Gasteiger partial charge is 0.0621 e. The van der Waals surface area contributed by atoms with Crippen LogP contribution in [0.3, 0.4) is 0 Å². The second-order valence-corrected chi connectivity index (χ2v) is 4.51. The molecule has 0 aliphatic heterocycles. The van der Waals surface area contributed by atoms with E-state index in [2.05, 4.69) is 45.7 Å². The van der Waals surface area contributed by atoms with Crippen LogP contribution in [0.5, 0.6) is 0 Å². The number of aromatic nitrogens is 1. The minimum Gasteiger partial charge on any atom is -0.371 e. The maximum atomic E-state index is 4.27. The number of rotatable bonds is 5. The van der Waals surface area contributed by atoms with Gasteiger partial charge in [-0.05, 0) is 41.8 Å². The van der Waals surface area contributed by atoms with Crippen LogP contribution in [0.2, 0.25) is 0 Å². The molecule has 0 saturated carbocycles. The standard InChI is InChI=1S/C12H19BrN2/c1-4-8-15(9-5-2)11-6-7-14-10(3)12(11)13/h6-7H,4-5,8-9H2,1-3H3. The summed E-state index contributed by atoms with van der Waals surface area (Å²) >= 11 is 3.62. The van der Waals surface area contributed by atoms with Crippen LogP contribution in [0.15, 0.2) is 16.7 Å². The molecule has 0 unspecified atom stereocenters. The Hall–Kier alpha value is -0.570. The Morgan fingerprint density at radius 2 is 1.87 bits per heavy atom. The largest absolute Gasteiger partial charge is 0.371 e. The van der Waals surface area contributed by atoms with Crippen LogP contribution in [-0.4, -0.2) is 18.1 Å². The maximum absolute atomic E-state index is 4.27. The predicted octanol–water partition coefficient (Wildman–Crippen LogP) is 3.78. The molecular weight excluding hydrogens is 252 g/mol. The summed E-state index contributed by atoms with van der Waals surface area (Å²) in [6, 6.07) is 2.09. The van der Waals surface area contributed by atoms with E-state index >= 15 is 0 Å². The molecule has 1 rings (SSSR count). The fourth-order valence-electron chi connectivity index (χ4n) is 1.67. The van der Waals surface area contributed by atoms with Crippen LogP contribution in [0, 0.1) is 6.92 Å². The lowest BCUT2D eigenvalue weighted by Crippen LogP contribution is -2.25. The first-order valence-corrected chi connectivity index (χ1v) is 6.36. The fraction of sp³-hybridized carbons (Fsp3) is 0.583. The number of halogens is 1. The van der Waals surface area contributed by atoms with Gasteiger partial charge in [-0.3, -0.25) is 4.98 Å². The zero-order chi connectivity index (χ0) is 11.3. The Morgan fingerprint density at radius 1 is 1.27 bits per heavy atom. The normalized spacial score (nSPS) is 10.4. The number of pyridine rings is 1. The van der Waals surface area contributed by atoms with Gasteiger partial charge < -0.3 is 4.90 Å². The molecule has 84 valence electrons. The van der Waals surface area contributed by atoms with Gasteiger partial charge >= 0.3 is 0 Å². The molecule has 0 aliphatic rings. The van der Waals surface area contributed by atoms with Gasteiger partial charge in [0.2, 0.25) is 0 Å². The highest BCUT2D eigenvalue weighted by atomic mass is 79.9. The van der Waals surface area contributed by atoms with Gasteiger partial charge in [-0.1, -0.05) is 13.8 Å². The van der Waals surface area contributed by atoms with Gasteiger partial charge in [0.05, 0.1) is 15.9 Å². The van der Waals surface area contributed by atoms with Crippen molar-refractivity contribution in [1.29, 1.82) is 0 Å². The van der Waals surface area contributed by atoms with Crippen LogP contribution >= 0.6 is 15.9 Å². The third kappa shape index (κ3) is 3.20. The molecule has 3 heteroatoms. The average molecular weight is 271 g/mol. The van der Waals surface area contributed by atoms with Crippen molar-refractivity contribution in [3.05, 3.63) is 22.4 Å². The van der Waals surface area contributed by atoms with Crippen LogP contribution in [0.4, 0.5) is 5.69 Å². The molecular formula is C12H19BrN2. The second kappa shape index (κ2) is 6.11. The molecule has 0 aromatic carbocycles. The fourth-order valence-corrected chi connectivity index (χ4v) is 2.16. The predicted molar refractivity (Wildman–Crippen MR) is 69.5 cm³/mol. The van der Waals surface area contributed by atoms with E-state index in [0.29, 0.717) is 0 Å². The van der Waals surface area contributed by atoms with Crippen molar-refractivity contribution in [2.45, 2.75) is 33.6 Å². The minimum absolute atomic E-state index is 1.06. The number of nitrogens with zero attached hydrogens (tertiary/aromatic N) is 2. The number of anilines is 1. The van der Waals surface area contributed by atoms with Crippen molar-refractivity contribution in [2.75, 3.05) is 18.0 Å². The summed E-state index contributed by atoms with van der Waals surface area (Å²) in [4.78, 5) is 6.68. The van der Waals surface area contributed by atoms with E-state index in [4.69, 9.17) is 0 Å². The zero-order valence-electron chi connectivity index (χ0n) is 9.76. The van der Waals surface area contributed by atoms with E-state index < -0.39 is 0 Å². The molecule has 0 N–H and O–H groups in total. The SMILES string of the molecule is CCCN(CCC)c1ccnc(C)c1Br. The highest BCUT2D eigenvalue weighted by Crippen LogP contribution is 2.28. The summed E-state index contributed by atoms with van der Waals surface area (Å²) in [6.45, 7) is 8.67. The summed E-state index contributed by atoms with van der Waals surface area (Å²) in [5.41, 5.74) is 2.33. The zero-order valence-corrected chi connectivity index (χ0v) is 11.3. The molecule has 1 aromatic rings. The second-order valence-electron chi connectivity index (χ2n) is 3.72. The molecule has 0 amide bonds. The maximum Gasteiger partial charge on any atom is 0.0621 e. The Morgan fingerprint density at radius 3 is 2.40 bits per heavy atom. The highest BCUT2D eigenvalue weighted by Gasteiger charge is 2.10. The summed E-state index contributed by atoms with van der Waals surface area (Å²) in [5.74, 6) is 0. The highest BCUT2D eigenvalue weighted by molar-refractivity contribution is 9.10. The summed E-state index contributed by atoms with van der Waals surface area (Å²) in [5, 5.41) is 0. The van der Waals surface area contributed by atoms with Gasteiger partial charge in [-0.2, -0.15) is 0 Å². The van der Waals surface area contributed by atoms with Gasteiger partial charge in [-0.25, -0.2) is 0 Å². The third-order valence-electron chi connectivity index (χ3n) is 2.37. The Labute approximate surface area is 101 Å². The van der Waals surface area contributed by atoms with Crippen LogP contribution in [0.25, 0.3) is 0 Å². The molecule has 0 saturated heterocycles. The Kier molecular flexibility index (Phi) is 5.09. The minimum atomic E-state index is 1.06. The lowest BCUT2D eigenvalue weighted by molar-refractivity contribution is 0.742. The lowest BCUT2D eigenvalue weighted by Gasteiger charge is -2.25. The third-order valence-corrected chi connectivity index (χ3v) is 3.35. The van der Waals surface area contributed by atoms with Crippen molar-refractivity contribution >= 4 is 21.6 Å². The molecule has 0 bridgehead atoms. The van der Waals surface area contributed by atoms with Gasteiger partial charge in [0.1, 0.15) is 0 Å². The topological polar surface area (TPSA) is 16.1 Å². The molecule has 0 aliphatic carbocycles. The van der Waals surface area contributed by atoms with E-state index in [0.717, 1.165) is 23.3 Å². The lowest BCUT2D eigenvalue weighted by atomic mass is 10.2. The Bertz CT molecular complexity index is 306. The van der Waals surface area contributed by atoms with Crippen LogP contribution in [0.1, 0.15) is 32.4 Å².